The number of amides is 2. The van der Waals surface area contributed by atoms with Gasteiger partial charge in [-0.05, 0) is 42.3 Å². The number of fused-ring (bicyclic) bond motifs is 1. The van der Waals surface area contributed by atoms with Crippen molar-refractivity contribution < 1.29 is 9.59 Å². The molecule has 168 valence electrons. The Labute approximate surface area is 193 Å². The van der Waals surface area contributed by atoms with E-state index >= 15 is 0 Å². The van der Waals surface area contributed by atoms with E-state index in [2.05, 4.69) is 49.0 Å². The van der Waals surface area contributed by atoms with Gasteiger partial charge in [0.2, 0.25) is 0 Å². The molecular formula is C25H30N4O2S. The number of carbonyl (C=O) groups excluding carboxylic acids is 2. The van der Waals surface area contributed by atoms with Crippen molar-refractivity contribution in [2.75, 3.05) is 43.4 Å². The molecule has 2 heterocycles. The van der Waals surface area contributed by atoms with Gasteiger partial charge in [-0.25, -0.2) is 0 Å². The van der Waals surface area contributed by atoms with Crippen molar-refractivity contribution in [1.82, 2.24) is 4.90 Å². The second kappa shape index (κ2) is 8.56. The number of piperazine rings is 1. The van der Waals surface area contributed by atoms with Gasteiger partial charge in [-0.15, -0.1) is 11.3 Å². The van der Waals surface area contributed by atoms with Crippen LogP contribution in [0.3, 0.4) is 0 Å². The minimum absolute atomic E-state index is 0.0150. The molecule has 6 nitrogen and oxygen atoms in total. The molecule has 4 rings (SSSR count). The molecule has 3 N–H and O–H groups in total. The summed E-state index contributed by atoms with van der Waals surface area (Å²) in [4.78, 5) is 29.8. The minimum Gasteiger partial charge on any atom is -0.369 e. The average Bonchev–Trinajstić information content (AvgIpc) is 3.11. The fraction of sp³-hybridized carbons (Fsp3) is 0.360. The van der Waals surface area contributed by atoms with Crippen LogP contribution in [0.15, 0.2) is 42.5 Å². The summed E-state index contributed by atoms with van der Waals surface area (Å²) in [7, 11) is 2.13. The van der Waals surface area contributed by atoms with Crippen LogP contribution in [0, 0.1) is 0 Å². The van der Waals surface area contributed by atoms with Crippen molar-refractivity contribution in [3.05, 3.63) is 59.2 Å². The fourth-order valence-electron chi connectivity index (χ4n) is 3.98. The van der Waals surface area contributed by atoms with Gasteiger partial charge in [0, 0.05) is 47.5 Å². The highest BCUT2D eigenvalue weighted by Gasteiger charge is 2.22. The van der Waals surface area contributed by atoms with Crippen molar-refractivity contribution >= 4 is 43.9 Å². The zero-order chi connectivity index (χ0) is 23.0. The third kappa shape index (κ3) is 4.49. The molecule has 2 aromatic carbocycles. The first-order valence-electron chi connectivity index (χ1n) is 10.9. The molecular weight excluding hydrogens is 420 g/mol. The highest BCUT2D eigenvalue weighted by molar-refractivity contribution is 7.23. The third-order valence-electron chi connectivity index (χ3n) is 6.03. The van der Waals surface area contributed by atoms with Crippen LogP contribution in [-0.2, 0) is 5.41 Å². The van der Waals surface area contributed by atoms with Crippen molar-refractivity contribution in [1.29, 1.82) is 0 Å². The number of nitrogens with one attached hydrogen (secondary N) is 1. The number of nitrogens with two attached hydrogens (primary N) is 1. The first-order chi connectivity index (χ1) is 15.1. The van der Waals surface area contributed by atoms with Crippen molar-refractivity contribution in [3.8, 4) is 0 Å². The second-order valence-corrected chi connectivity index (χ2v) is 10.5. The van der Waals surface area contributed by atoms with E-state index in [0.717, 1.165) is 47.5 Å². The summed E-state index contributed by atoms with van der Waals surface area (Å²) in [6.45, 7) is 10.4. The molecule has 1 aliphatic heterocycles. The summed E-state index contributed by atoms with van der Waals surface area (Å²) >= 11 is 1.39. The molecule has 1 fully saturated rings. The van der Waals surface area contributed by atoms with Crippen LogP contribution in [0.2, 0.25) is 0 Å². The zero-order valence-electron chi connectivity index (χ0n) is 19.1. The SMILES string of the molecule is CN1CCN(c2ccc3c(C(N)=O)c(NC(=O)c4ccc(C(C)(C)C)cc4)sc3c2)CC1. The molecule has 0 bridgehead atoms. The Kier molecular flexibility index (Phi) is 5.97. The molecule has 32 heavy (non-hydrogen) atoms. The molecule has 0 atom stereocenters. The zero-order valence-corrected chi connectivity index (χ0v) is 19.9. The van der Waals surface area contributed by atoms with Gasteiger partial charge in [0.05, 0.1) is 5.56 Å². The van der Waals surface area contributed by atoms with E-state index in [-0.39, 0.29) is 11.3 Å². The first kappa shape index (κ1) is 22.3. The van der Waals surface area contributed by atoms with E-state index in [9.17, 15) is 9.59 Å². The Bertz CT molecular complexity index is 1150. The van der Waals surface area contributed by atoms with Crippen LogP contribution < -0.4 is 16.0 Å². The summed E-state index contributed by atoms with van der Waals surface area (Å²) in [5.74, 6) is -0.791. The summed E-state index contributed by atoms with van der Waals surface area (Å²) in [5.41, 5.74) is 8.92. The van der Waals surface area contributed by atoms with Crippen LogP contribution in [0.5, 0.6) is 0 Å². The summed E-state index contributed by atoms with van der Waals surface area (Å²) < 4.78 is 0.939. The smallest absolute Gasteiger partial charge is 0.256 e. The number of carbonyl (C=O) groups is 2. The van der Waals surface area contributed by atoms with Gasteiger partial charge in [0.25, 0.3) is 11.8 Å². The molecule has 1 aliphatic rings. The Hall–Kier alpha value is -2.90. The standard InChI is InChI=1S/C25H30N4O2S/c1-25(2,3)17-7-5-16(6-8-17)23(31)27-24-21(22(26)30)19-10-9-18(15-20(19)32-24)29-13-11-28(4)12-14-29/h5-10,15H,11-14H2,1-4H3,(H2,26,30)(H,27,31). The lowest BCUT2D eigenvalue weighted by molar-refractivity contribution is 0.100. The number of thiophene rings is 1. The predicted molar refractivity (Wildman–Crippen MR) is 133 cm³/mol. The average molecular weight is 451 g/mol. The lowest BCUT2D eigenvalue weighted by Gasteiger charge is -2.34. The Morgan fingerprint density at radius 1 is 1.00 bits per heavy atom. The summed E-state index contributed by atoms with van der Waals surface area (Å²) in [5, 5.41) is 4.19. The lowest BCUT2D eigenvalue weighted by Crippen LogP contribution is -2.44. The van der Waals surface area contributed by atoms with Crippen LogP contribution in [0.4, 0.5) is 10.7 Å². The normalized spacial score (nSPS) is 15.2. The highest BCUT2D eigenvalue weighted by atomic mass is 32.1. The Morgan fingerprint density at radius 3 is 2.25 bits per heavy atom. The molecule has 1 aromatic heterocycles. The topological polar surface area (TPSA) is 78.7 Å². The van der Waals surface area contributed by atoms with E-state index in [0.29, 0.717) is 16.1 Å². The summed E-state index contributed by atoms with van der Waals surface area (Å²) in [6, 6.07) is 13.6. The van der Waals surface area contributed by atoms with Gasteiger partial charge in [-0.1, -0.05) is 39.0 Å². The van der Waals surface area contributed by atoms with Gasteiger partial charge in [0.1, 0.15) is 5.00 Å². The molecule has 0 spiro atoms. The fourth-order valence-corrected chi connectivity index (χ4v) is 5.11. The maximum Gasteiger partial charge on any atom is 0.256 e. The predicted octanol–water partition coefficient (Wildman–Crippen LogP) is 4.30. The monoisotopic (exact) mass is 450 g/mol. The number of hydrogen-bond donors (Lipinski definition) is 2. The number of hydrogen-bond acceptors (Lipinski definition) is 5. The molecule has 0 unspecified atom stereocenters. The molecule has 3 aromatic rings. The summed E-state index contributed by atoms with van der Waals surface area (Å²) in [6.07, 6.45) is 0. The van der Waals surface area contributed by atoms with Crippen LogP contribution in [0.1, 0.15) is 47.1 Å². The quantitative estimate of drug-likeness (QED) is 0.621. The molecule has 0 saturated carbocycles. The van der Waals surface area contributed by atoms with Gasteiger partial charge in [-0.2, -0.15) is 0 Å². The number of primary amides is 1. The second-order valence-electron chi connectivity index (χ2n) is 9.42. The van der Waals surface area contributed by atoms with Crippen molar-refractivity contribution in [2.24, 2.45) is 5.73 Å². The van der Waals surface area contributed by atoms with E-state index in [1.807, 2.05) is 36.4 Å². The van der Waals surface area contributed by atoms with Crippen LogP contribution >= 0.6 is 11.3 Å². The molecule has 0 radical (unpaired) electrons. The third-order valence-corrected chi connectivity index (χ3v) is 7.10. The molecule has 2 amide bonds. The van der Waals surface area contributed by atoms with E-state index in [1.54, 1.807) is 0 Å². The molecule has 1 saturated heterocycles. The van der Waals surface area contributed by atoms with E-state index in [1.165, 1.54) is 11.3 Å². The molecule has 0 aliphatic carbocycles. The van der Waals surface area contributed by atoms with Gasteiger partial charge in [0.15, 0.2) is 0 Å². The first-order valence-corrected chi connectivity index (χ1v) is 11.7. The van der Waals surface area contributed by atoms with Crippen LogP contribution in [0.25, 0.3) is 10.1 Å². The Morgan fingerprint density at radius 2 is 1.66 bits per heavy atom. The number of anilines is 2. The van der Waals surface area contributed by atoms with Crippen LogP contribution in [-0.4, -0.2) is 49.9 Å². The van der Waals surface area contributed by atoms with Gasteiger partial charge in [-0.3, -0.25) is 9.59 Å². The highest BCUT2D eigenvalue weighted by Crippen LogP contribution is 2.38. The Balaban J connectivity index is 1.62. The van der Waals surface area contributed by atoms with Crippen molar-refractivity contribution in [2.45, 2.75) is 26.2 Å². The number of benzene rings is 2. The minimum atomic E-state index is -0.540. The number of likely N-dealkylation sites (N-methyl/N-ethyl adjacent to an activating group) is 1. The van der Waals surface area contributed by atoms with Gasteiger partial charge >= 0.3 is 0 Å². The maximum absolute atomic E-state index is 12.9. The molecule has 7 heteroatoms. The maximum atomic E-state index is 12.9. The largest absolute Gasteiger partial charge is 0.369 e. The van der Waals surface area contributed by atoms with E-state index < -0.39 is 5.91 Å². The van der Waals surface area contributed by atoms with Crippen molar-refractivity contribution in [3.63, 3.8) is 0 Å². The lowest BCUT2D eigenvalue weighted by atomic mass is 9.87. The van der Waals surface area contributed by atoms with E-state index in [4.69, 9.17) is 5.73 Å². The number of nitrogens with zero attached hydrogens (tertiary/aromatic N) is 2. The number of rotatable bonds is 4. The van der Waals surface area contributed by atoms with Gasteiger partial charge < -0.3 is 20.9 Å².